The smallest absolute Gasteiger partial charge is 0.246 e. The first-order valence-corrected chi connectivity index (χ1v) is 3.78. The summed E-state index contributed by atoms with van der Waals surface area (Å²) in [5.41, 5.74) is 0. The van der Waals surface area contributed by atoms with E-state index in [1.807, 2.05) is 0 Å². The molecule has 0 fully saturated rings. The van der Waals surface area contributed by atoms with Gasteiger partial charge in [-0.2, -0.15) is 4.52 Å². The molecule has 0 bridgehead atoms. The minimum Gasteiger partial charge on any atom is -0.246 e. The zero-order valence-corrected chi connectivity index (χ0v) is 6.38. The summed E-state index contributed by atoms with van der Waals surface area (Å²) in [5, 5.41) is 0. The highest BCUT2D eigenvalue weighted by atomic mass is 31.1. The normalized spacial score (nSPS) is 11.6. The maximum atomic E-state index is 10.4. The van der Waals surface area contributed by atoms with E-state index in [4.69, 9.17) is 4.89 Å². The lowest BCUT2D eigenvalue weighted by Gasteiger charge is -1.81. The fraction of sp³-hybridized carbons (Fsp3) is 0.400. The minimum atomic E-state index is -2.79. The van der Waals surface area contributed by atoms with Gasteiger partial charge in [-0.1, -0.05) is 12.2 Å². The molecule has 1 unspecified atom stereocenters. The molecule has 0 saturated carbocycles. The molecule has 4 nitrogen and oxygen atoms in total. The lowest BCUT2D eigenvalue weighted by Crippen LogP contribution is -1.94. The Hall–Kier alpha value is -0.730. The first-order chi connectivity index (χ1) is 4.66. The molecule has 1 N–H and O–H groups in total. The maximum Gasteiger partial charge on any atom is 0.750 e. The third-order valence-corrected chi connectivity index (χ3v) is 1.06. The molecule has 0 aromatic rings. The number of carbonyl (C=O) groups excluding carboxylic acids is 1. The molecule has 0 saturated heterocycles. The zero-order valence-electron chi connectivity index (χ0n) is 5.48. The van der Waals surface area contributed by atoms with Crippen LogP contribution in [-0.2, 0) is 13.9 Å². The first-order valence-electron chi connectivity index (χ1n) is 2.65. The summed E-state index contributed by atoms with van der Waals surface area (Å²) in [4.78, 5) is 18.5. The van der Waals surface area contributed by atoms with Crippen LogP contribution in [-0.4, -0.2) is 10.9 Å². The van der Waals surface area contributed by atoms with Gasteiger partial charge in [-0.3, -0.25) is 0 Å². The van der Waals surface area contributed by atoms with Gasteiger partial charge in [0.05, 0.1) is 6.42 Å². The molecule has 0 radical (unpaired) electrons. The Kier molecular flexibility index (Phi) is 4.72. The van der Waals surface area contributed by atoms with Crippen molar-refractivity contribution in [1.82, 2.24) is 0 Å². The molecule has 0 spiro atoms. The highest BCUT2D eigenvalue weighted by Crippen LogP contribution is 2.15. The molecule has 0 aliphatic heterocycles. The van der Waals surface area contributed by atoms with Crippen molar-refractivity contribution in [1.29, 1.82) is 0 Å². The van der Waals surface area contributed by atoms with E-state index in [2.05, 4.69) is 4.52 Å². The van der Waals surface area contributed by atoms with E-state index >= 15 is 0 Å². The Labute approximate surface area is 59.5 Å². The summed E-state index contributed by atoms with van der Waals surface area (Å²) in [6.45, 7) is 1.74. The summed E-state index contributed by atoms with van der Waals surface area (Å²) >= 11 is 0. The molecule has 0 amide bonds. The van der Waals surface area contributed by atoms with E-state index in [0.717, 1.165) is 0 Å². The number of rotatable bonds is 3. The molecule has 0 rings (SSSR count). The average Bonchev–Trinajstić information content (AvgIpc) is 1.82. The monoisotopic (exact) mass is 163 g/mol. The van der Waals surface area contributed by atoms with Crippen molar-refractivity contribution in [3.63, 3.8) is 0 Å². The van der Waals surface area contributed by atoms with Crippen LogP contribution in [0.4, 0.5) is 0 Å². The SMILES string of the molecule is C/C=C/CC(=O)O[P+](=O)O. The fourth-order valence-corrected chi connectivity index (χ4v) is 0.587. The Morgan fingerprint density at radius 1 is 1.80 bits per heavy atom. The van der Waals surface area contributed by atoms with Crippen molar-refractivity contribution in [3.8, 4) is 0 Å². The Bertz CT molecular complexity index is 163. The maximum absolute atomic E-state index is 10.4. The lowest BCUT2D eigenvalue weighted by atomic mass is 10.4. The first kappa shape index (κ1) is 9.27. The van der Waals surface area contributed by atoms with Crippen LogP contribution in [0.25, 0.3) is 0 Å². The quantitative estimate of drug-likeness (QED) is 0.500. The minimum absolute atomic E-state index is 0.0398. The van der Waals surface area contributed by atoms with Gasteiger partial charge in [0.25, 0.3) is 0 Å². The lowest BCUT2D eigenvalue weighted by molar-refractivity contribution is -0.133. The predicted molar refractivity (Wildman–Crippen MR) is 35.3 cm³/mol. The average molecular weight is 163 g/mol. The summed E-state index contributed by atoms with van der Waals surface area (Å²) < 4.78 is 13.8. The van der Waals surface area contributed by atoms with Gasteiger partial charge in [0.15, 0.2) is 0 Å². The van der Waals surface area contributed by atoms with Crippen molar-refractivity contribution in [2.24, 2.45) is 0 Å². The fourth-order valence-electron chi connectivity index (χ4n) is 0.338. The van der Waals surface area contributed by atoms with Crippen LogP contribution in [0.3, 0.4) is 0 Å². The van der Waals surface area contributed by atoms with Gasteiger partial charge in [-0.05, 0) is 6.92 Å². The standard InChI is InChI=1S/C5H7O4P/c1-2-3-4-5(6)9-10(7)8/h2-3H,4H2,1H3/p+1/b3-2+. The molecule has 0 aliphatic rings. The Morgan fingerprint density at radius 2 is 2.40 bits per heavy atom. The van der Waals surface area contributed by atoms with Gasteiger partial charge < -0.3 is 0 Å². The van der Waals surface area contributed by atoms with Crippen LogP contribution >= 0.6 is 8.25 Å². The van der Waals surface area contributed by atoms with Gasteiger partial charge in [0.1, 0.15) is 0 Å². The summed E-state index contributed by atoms with van der Waals surface area (Å²) in [5.74, 6) is -0.693. The number of hydrogen-bond donors (Lipinski definition) is 1. The van der Waals surface area contributed by atoms with E-state index in [0.29, 0.717) is 0 Å². The Morgan fingerprint density at radius 3 is 2.80 bits per heavy atom. The molecule has 0 heterocycles. The van der Waals surface area contributed by atoms with Crippen molar-refractivity contribution in [3.05, 3.63) is 12.2 Å². The van der Waals surface area contributed by atoms with Crippen molar-refractivity contribution in [2.45, 2.75) is 13.3 Å². The topological polar surface area (TPSA) is 63.6 Å². The van der Waals surface area contributed by atoms with E-state index in [1.54, 1.807) is 19.1 Å². The molecular formula is C5H8O4P+. The highest BCUT2D eigenvalue weighted by molar-refractivity contribution is 7.32. The number of allylic oxidation sites excluding steroid dienone is 1. The largest absolute Gasteiger partial charge is 0.750 e. The van der Waals surface area contributed by atoms with E-state index in [9.17, 15) is 9.36 Å². The second kappa shape index (κ2) is 5.09. The molecule has 1 atom stereocenters. The predicted octanol–water partition coefficient (Wildman–Crippen LogP) is 1.15. The van der Waals surface area contributed by atoms with E-state index in [-0.39, 0.29) is 6.42 Å². The zero-order chi connectivity index (χ0) is 7.98. The third-order valence-electron chi connectivity index (χ3n) is 0.700. The van der Waals surface area contributed by atoms with E-state index in [1.165, 1.54) is 0 Å². The molecule has 5 heteroatoms. The highest BCUT2D eigenvalue weighted by Gasteiger charge is 2.18. The van der Waals surface area contributed by atoms with Gasteiger partial charge in [0.2, 0.25) is 0 Å². The van der Waals surface area contributed by atoms with Gasteiger partial charge in [-0.25, -0.2) is 4.79 Å². The van der Waals surface area contributed by atoms with Gasteiger partial charge in [-0.15, -0.1) is 4.89 Å². The van der Waals surface area contributed by atoms with Crippen molar-refractivity contribution >= 4 is 14.2 Å². The second-order valence-electron chi connectivity index (χ2n) is 1.47. The second-order valence-corrected chi connectivity index (χ2v) is 2.13. The van der Waals surface area contributed by atoms with Crippen LogP contribution in [0.1, 0.15) is 13.3 Å². The number of carbonyl (C=O) groups is 1. The summed E-state index contributed by atoms with van der Waals surface area (Å²) in [6.07, 6.45) is 3.24. The molecule has 10 heavy (non-hydrogen) atoms. The molecule has 0 aliphatic carbocycles. The summed E-state index contributed by atoms with van der Waals surface area (Å²) in [7, 11) is -2.79. The summed E-state index contributed by atoms with van der Waals surface area (Å²) in [6, 6.07) is 0. The molecular weight excluding hydrogens is 155 g/mol. The van der Waals surface area contributed by atoms with Crippen LogP contribution in [0.2, 0.25) is 0 Å². The van der Waals surface area contributed by atoms with Crippen LogP contribution in [0.5, 0.6) is 0 Å². The number of hydrogen-bond acceptors (Lipinski definition) is 3. The van der Waals surface area contributed by atoms with Crippen LogP contribution in [0.15, 0.2) is 12.2 Å². The Balaban J connectivity index is 3.54. The van der Waals surface area contributed by atoms with Crippen LogP contribution < -0.4 is 0 Å². The van der Waals surface area contributed by atoms with E-state index < -0.39 is 14.2 Å². The molecule has 56 valence electrons. The van der Waals surface area contributed by atoms with Gasteiger partial charge >= 0.3 is 14.2 Å². The molecule has 0 aromatic heterocycles. The van der Waals surface area contributed by atoms with Gasteiger partial charge in [0, 0.05) is 4.57 Å². The van der Waals surface area contributed by atoms with Crippen molar-refractivity contribution < 1.29 is 18.8 Å². The molecule has 0 aromatic carbocycles. The van der Waals surface area contributed by atoms with Crippen molar-refractivity contribution in [2.75, 3.05) is 0 Å². The third kappa shape index (κ3) is 5.41. The van der Waals surface area contributed by atoms with Crippen LogP contribution in [0, 0.1) is 0 Å².